The summed E-state index contributed by atoms with van der Waals surface area (Å²) in [7, 11) is 0. The van der Waals surface area contributed by atoms with E-state index < -0.39 is 0 Å². The van der Waals surface area contributed by atoms with Crippen LogP contribution >= 0.6 is 0 Å². The minimum absolute atomic E-state index is 0.136. The van der Waals surface area contributed by atoms with Crippen LogP contribution in [0.15, 0.2) is 24.3 Å². The molecule has 0 radical (unpaired) electrons. The molecule has 0 bridgehead atoms. The molecule has 4 nitrogen and oxygen atoms in total. The van der Waals surface area contributed by atoms with Gasteiger partial charge in [-0.1, -0.05) is 43.2 Å². The van der Waals surface area contributed by atoms with E-state index in [1.165, 1.54) is 5.56 Å². The van der Waals surface area contributed by atoms with Crippen LogP contribution in [0.2, 0.25) is 0 Å². The minimum Gasteiger partial charge on any atom is -0.396 e. The van der Waals surface area contributed by atoms with Crippen molar-refractivity contribution in [1.82, 2.24) is 4.57 Å². The zero-order valence-electron chi connectivity index (χ0n) is 14.9. The van der Waals surface area contributed by atoms with Gasteiger partial charge < -0.3 is 15.4 Å². The fourth-order valence-electron chi connectivity index (χ4n) is 3.27. The molecule has 0 aliphatic carbocycles. The first-order valence-corrected chi connectivity index (χ1v) is 8.70. The number of nitrogens with two attached hydrogens (primary N) is 1. The van der Waals surface area contributed by atoms with Gasteiger partial charge >= 0.3 is 0 Å². The molecule has 1 amide bonds. The van der Waals surface area contributed by atoms with Gasteiger partial charge in [0.25, 0.3) is 5.91 Å². The van der Waals surface area contributed by atoms with Crippen molar-refractivity contribution in [3.8, 4) is 11.1 Å². The summed E-state index contributed by atoms with van der Waals surface area (Å²) in [6.07, 6.45) is 3.71. The normalized spacial score (nSPS) is 11.0. The van der Waals surface area contributed by atoms with Crippen LogP contribution in [0.4, 0.5) is 0 Å². The highest BCUT2D eigenvalue weighted by atomic mass is 16.3. The monoisotopic (exact) mass is 328 g/mol. The van der Waals surface area contributed by atoms with Crippen molar-refractivity contribution in [2.75, 3.05) is 6.61 Å². The first-order valence-electron chi connectivity index (χ1n) is 8.70. The molecule has 4 heteroatoms. The molecule has 2 rings (SSSR count). The van der Waals surface area contributed by atoms with Crippen LogP contribution in [0.1, 0.15) is 53.5 Å². The molecule has 0 atom stereocenters. The predicted octanol–water partition coefficient (Wildman–Crippen LogP) is 3.60. The lowest BCUT2D eigenvalue weighted by atomic mass is 9.97. The second-order valence-electron chi connectivity index (χ2n) is 6.34. The van der Waals surface area contributed by atoms with Crippen molar-refractivity contribution in [2.24, 2.45) is 5.73 Å². The van der Waals surface area contributed by atoms with E-state index >= 15 is 0 Å². The Hall–Kier alpha value is -2.07. The summed E-state index contributed by atoms with van der Waals surface area (Å²) in [4.78, 5) is 12.2. The fourth-order valence-corrected chi connectivity index (χ4v) is 3.27. The van der Waals surface area contributed by atoms with Crippen LogP contribution in [-0.2, 0) is 13.0 Å². The summed E-state index contributed by atoms with van der Waals surface area (Å²) < 4.78 is 2.17. The van der Waals surface area contributed by atoms with Gasteiger partial charge in [-0.2, -0.15) is 0 Å². The van der Waals surface area contributed by atoms with Crippen molar-refractivity contribution >= 4 is 5.91 Å². The number of aromatic nitrogens is 1. The highest BCUT2D eigenvalue weighted by molar-refractivity contribution is 6.02. The van der Waals surface area contributed by atoms with Gasteiger partial charge in [-0.25, -0.2) is 0 Å². The van der Waals surface area contributed by atoms with Crippen LogP contribution in [-0.4, -0.2) is 22.2 Å². The molecular formula is C20H28N2O2. The largest absolute Gasteiger partial charge is 0.396 e. The number of benzene rings is 1. The van der Waals surface area contributed by atoms with Gasteiger partial charge in [-0.3, -0.25) is 4.79 Å². The lowest BCUT2D eigenvalue weighted by Gasteiger charge is -2.12. The van der Waals surface area contributed by atoms with Gasteiger partial charge in [0.2, 0.25) is 0 Å². The maximum atomic E-state index is 12.2. The summed E-state index contributed by atoms with van der Waals surface area (Å²) >= 11 is 0. The van der Waals surface area contributed by atoms with Gasteiger partial charge in [0, 0.05) is 30.1 Å². The summed E-state index contributed by atoms with van der Waals surface area (Å²) in [6, 6.07) is 8.24. The zero-order chi connectivity index (χ0) is 17.7. The third-order valence-corrected chi connectivity index (χ3v) is 4.52. The highest BCUT2D eigenvalue weighted by Crippen LogP contribution is 2.34. The molecule has 0 spiro atoms. The standard InChI is InChI=1S/C20H28N2O2/c1-4-5-7-17-19(16-10-8-14(2)9-11-16)18(20(21)24)15(3)22(17)12-6-13-23/h8-11,23H,4-7,12-13H2,1-3H3,(H2,21,24). The molecule has 0 aliphatic rings. The van der Waals surface area contributed by atoms with Gasteiger partial charge in [0.15, 0.2) is 0 Å². The van der Waals surface area contributed by atoms with Gasteiger partial charge in [-0.15, -0.1) is 0 Å². The van der Waals surface area contributed by atoms with E-state index in [4.69, 9.17) is 5.73 Å². The molecule has 0 saturated heterocycles. The Morgan fingerprint density at radius 2 is 1.83 bits per heavy atom. The topological polar surface area (TPSA) is 68.2 Å². The summed E-state index contributed by atoms with van der Waals surface area (Å²) in [6.45, 7) is 7.00. The van der Waals surface area contributed by atoms with Crippen LogP contribution in [0.5, 0.6) is 0 Å². The summed E-state index contributed by atoms with van der Waals surface area (Å²) in [5, 5.41) is 9.21. The van der Waals surface area contributed by atoms with Crippen LogP contribution in [0.3, 0.4) is 0 Å². The van der Waals surface area contributed by atoms with Crippen molar-refractivity contribution < 1.29 is 9.90 Å². The number of rotatable bonds is 8. The lowest BCUT2D eigenvalue weighted by Crippen LogP contribution is -2.13. The fraction of sp³-hybridized carbons (Fsp3) is 0.450. The number of nitrogens with zero attached hydrogens (tertiary/aromatic N) is 1. The Morgan fingerprint density at radius 1 is 1.17 bits per heavy atom. The predicted molar refractivity (Wildman–Crippen MR) is 98.2 cm³/mol. The Labute approximate surface area is 144 Å². The van der Waals surface area contributed by atoms with Gasteiger partial charge in [-0.05, 0) is 38.7 Å². The minimum atomic E-state index is -0.386. The van der Waals surface area contributed by atoms with E-state index in [0.717, 1.165) is 41.8 Å². The van der Waals surface area contributed by atoms with E-state index in [1.807, 2.05) is 6.92 Å². The number of aryl methyl sites for hydroxylation is 1. The van der Waals surface area contributed by atoms with E-state index in [0.29, 0.717) is 18.5 Å². The van der Waals surface area contributed by atoms with Crippen molar-refractivity contribution in [3.63, 3.8) is 0 Å². The van der Waals surface area contributed by atoms with E-state index in [2.05, 4.69) is 42.7 Å². The second-order valence-corrected chi connectivity index (χ2v) is 6.34. The lowest BCUT2D eigenvalue weighted by molar-refractivity contribution is 0.1000. The highest BCUT2D eigenvalue weighted by Gasteiger charge is 2.24. The number of primary amides is 1. The maximum Gasteiger partial charge on any atom is 0.251 e. The molecule has 2 aromatic rings. The second kappa shape index (κ2) is 8.15. The Balaban J connectivity index is 2.67. The SMILES string of the molecule is CCCCc1c(-c2ccc(C)cc2)c(C(N)=O)c(C)n1CCCO. The number of aliphatic hydroxyl groups is 1. The number of hydrogen-bond donors (Lipinski definition) is 2. The van der Waals surface area contributed by atoms with E-state index in [9.17, 15) is 9.90 Å². The first kappa shape index (κ1) is 18.3. The molecule has 1 heterocycles. The van der Waals surface area contributed by atoms with Gasteiger partial charge in [0.1, 0.15) is 0 Å². The summed E-state index contributed by atoms with van der Waals surface area (Å²) in [5.41, 5.74) is 11.6. The average molecular weight is 328 g/mol. The quantitative estimate of drug-likeness (QED) is 0.777. The Bertz CT molecular complexity index is 699. The number of hydrogen-bond acceptors (Lipinski definition) is 2. The van der Waals surface area contributed by atoms with Gasteiger partial charge in [0.05, 0.1) is 5.56 Å². The molecule has 1 aromatic heterocycles. The number of amides is 1. The number of unbranched alkanes of at least 4 members (excludes halogenated alkanes) is 1. The molecule has 0 unspecified atom stereocenters. The Morgan fingerprint density at radius 3 is 2.38 bits per heavy atom. The molecule has 3 N–H and O–H groups in total. The Kier molecular flexibility index (Phi) is 6.21. The number of aliphatic hydroxyl groups excluding tert-OH is 1. The first-order chi connectivity index (χ1) is 11.5. The molecule has 130 valence electrons. The molecule has 0 fully saturated rings. The molecular weight excluding hydrogens is 300 g/mol. The smallest absolute Gasteiger partial charge is 0.251 e. The van der Waals surface area contributed by atoms with E-state index in [-0.39, 0.29) is 12.5 Å². The van der Waals surface area contributed by atoms with E-state index in [1.54, 1.807) is 0 Å². The zero-order valence-corrected chi connectivity index (χ0v) is 14.9. The van der Waals surface area contributed by atoms with Crippen LogP contribution < -0.4 is 5.73 Å². The van der Waals surface area contributed by atoms with Crippen LogP contribution in [0, 0.1) is 13.8 Å². The molecule has 24 heavy (non-hydrogen) atoms. The number of carbonyl (C=O) groups excluding carboxylic acids is 1. The number of carbonyl (C=O) groups is 1. The summed E-state index contributed by atoms with van der Waals surface area (Å²) in [5.74, 6) is -0.386. The molecule has 1 aromatic carbocycles. The average Bonchev–Trinajstić information content (AvgIpc) is 2.83. The maximum absolute atomic E-state index is 12.2. The molecule has 0 saturated carbocycles. The van der Waals surface area contributed by atoms with Crippen LogP contribution in [0.25, 0.3) is 11.1 Å². The van der Waals surface area contributed by atoms with Crippen molar-refractivity contribution in [2.45, 2.75) is 53.0 Å². The molecule has 0 aliphatic heterocycles. The third-order valence-electron chi connectivity index (χ3n) is 4.52. The van der Waals surface area contributed by atoms with Crippen molar-refractivity contribution in [1.29, 1.82) is 0 Å². The van der Waals surface area contributed by atoms with Crippen molar-refractivity contribution in [3.05, 3.63) is 46.8 Å². The third kappa shape index (κ3) is 3.70.